The van der Waals surface area contributed by atoms with E-state index in [1.54, 1.807) is 37.1 Å². The molecule has 0 radical (unpaired) electrons. The van der Waals surface area contributed by atoms with Gasteiger partial charge in [-0.2, -0.15) is 0 Å². The van der Waals surface area contributed by atoms with Gasteiger partial charge in [0.15, 0.2) is 0 Å². The first kappa shape index (κ1) is 12.1. The van der Waals surface area contributed by atoms with Crippen LogP contribution in [0.3, 0.4) is 0 Å². The highest BCUT2D eigenvalue weighted by Crippen LogP contribution is 2.24. The molecule has 1 saturated carbocycles. The fourth-order valence-corrected chi connectivity index (χ4v) is 2.46. The van der Waals surface area contributed by atoms with Gasteiger partial charge < -0.3 is 4.90 Å². The molecule has 1 aliphatic rings. The molecule has 1 aliphatic carbocycles. The molecule has 3 heteroatoms. The Hall–Kier alpha value is -1.38. The third kappa shape index (κ3) is 2.33. The monoisotopic (exact) mass is 235 g/mol. The molecule has 0 bridgehead atoms. The summed E-state index contributed by atoms with van der Waals surface area (Å²) in [7, 11) is 1.78. The fraction of sp³-hybridized carbons (Fsp3) is 0.500. The quantitative estimate of drug-likeness (QED) is 0.771. The normalized spacial score (nSPS) is 16.2. The first-order chi connectivity index (χ1) is 8.11. The van der Waals surface area contributed by atoms with Gasteiger partial charge in [0.25, 0.3) is 5.91 Å². The topological polar surface area (TPSA) is 20.3 Å². The standard InChI is InChI=1S/C14H18FNO/c1-10-6-5-9-12(13(10)15)14(17)16(2)11-7-3-4-8-11/h5-6,9,11H,3-4,7-8H2,1-2H3. The van der Waals surface area contributed by atoms with Crippen LogP contribution in [0.1, 0.15) is 41.6 Å². The Kier molecular flexibility index (Phi) is 3.46. The third-order valence-electron chi connectivity index (χ3n) is 3.61. The molecule has 0 saturated heterocycles. The van der Waals surface area contributed by atoms with Crippen LogP contribution in [0.2, 0.25) is 0 Å². The number of hydrogen-bond donors (Lipinski definition) is 0. The number of aryl methyl sites for hydroxylation is 1. The molecular weight excluding hydrogens is 217 g/mol. The Balaban J connectivity index is 2.21. The van der Waals surface area contributed by atoms with Crippen LogP contribution in [-0.2, 0) is 0 Å². The highest BCUT2D eigenvalue weighted by Gasteiger charge is 2.25. The Bertz CT molecular complexity index is 424. The smallest absolute Gasteiger partial charge is 0.256 e. The minimum atomic E-state index is -0.387. The predicted molar refractivity (Wildman–Crippen MR) is 65.5 cm³/mol. The van der Waals surface area contributed by atoms with Crippen LogP contribution in [0.4, 0.5) is 4.39 Å². The number of benzene rings is 1. The number of amides is 1. The molecule has 17 heavy (non-hydrogen) atoms. The molecule has 0 N–H and O–H groups in total. The van der Waals surface area contributed by atoms with Crippen molar-refractivity contribution in [1.82, 2.24) is 4.90 Å². The molecule has 92 valence electrons. The lowest BCUT2D eigenvalue weighted by Crippen LogP contribution is -2.35. The lowest BCUT2D eigenvalue weighted by molar-refractivity contribution is 0.0730. The van der Waals surface area contributed by atoms with Crippen molar-refractivity contribution in [3.63, 3.8) is 0 Å². The van der Waals surface area contributed by atoms with Gasteiger partial charge in [-0.3, -0.25) is 4.79 Å². The largest absolute Gasteiger partial charge is 0.339 e. The minimum Gasteiger partial charge on any atom is -0.339 e. The van der Waals surface area contributed by atoms with Crippen molar-refractivity contribution in [2.24, 2.45) is 0 Å². The highest BCUT2D eigenvalue weighted by atomic mass is 19.1. The summed E-state index contributed by atoms with van der Waals surface area (Å²) in [6.07, 6.45) is 4.41. The molecule has 0 heterocycles. The van der Waals surface area contributed by atoms with Crippen molar-refractivity contribution in [3.05, 3.63) is 35.1 Å². The molecule has 0 aliphatic heterocycles. The summed E-state index contributed by atoms with van der Waals surface area (Å²) in [5.74, 6) is -0.583. The van der Waals surface area contributed by atoms with E-state index in [0.29, 0.717) is 5.56 Å². The summed E-state index contributed by atoms with van der Waals surface area (Å²) < 4.78 is 13.9. The van der Waals surface area contributed by atoms with Gasteiger partial charge in [0, 0.05) is 13.1 Å². The van der Waals surface area contributed by atoms with Gasteiger partial charge in [-0.15, -0.1) is 0 Å². The second-order valence-electron chi connectivity index (χ2n) is 4.79. The lowest BCUT2D eigenvalue weighted by Gasteiger charge is -2.24. The van der Waals surface area contributed by atoms with Crippen molar-refractivity contribution >= 4 is 5.91 Å². The summed E-state index contributed by atoms with van der Waals surface area (Å²) >= 11 is 0. The maximum atomic E-state index is 13.9. The van der Waals surface area contributed by atoms with Crippen LogP contribution in [0, 0.1) is 12.7 Å². The zero-order valence-electron chi connectivity index (χ0n) is 10.4. The summed E-state index contributed by atoms with van der Waals surface area (Å²) in [5, 5.41) is 0. The Morgan fingerprint density at radius 3 is 2.65 bits per heavy atom. The van der Waals surface area contributed by atoms with Crippen LogP contribution < -0.4 is 0 Å². The van der Waals surface area contributed by atoms with E-state index in [9.17, 15) is 9.18 Å². The van der Waals surface area contributed by atoms with Crippen LogP contribution in [-0.4, -0.2) is 23.9 Å². The van der Waals surface area contributed by atoms with E-state index in [1.165, 1.54) is 12.8 Å². The molecule has 1 aromatic carbocycles. The molecule has 2 nitrogen and oxygen atoms in total. The van der Waals surface area contributed by atoms with E-state index in [4.69, 9.17) is 0 Å². The number of carbonyl (C=O) groups is 1. The van der Waals surface area contributed by atoms with E-state index >= 15 is 0 Å². The lowest BCUT2D eigenvalue weighted by atomic mass is 10.1. The van der Waals surface area contributed by atoms with Gasteiger partial charge in [0.1, 0.15) is 5.82 Å². The van der Waals surface area contributed by atoms with E-state index in [2.05, 4.69) is 0 Å². The molecule has 0 spiro atoms. The van der Waals surface area contributed by atoms with E-state index in [1.807, 2.05) is 0 Å². The molecule has 0 aromatic heterocycles. The molecule has 1 amide bonds. The van der Waals surface area contributed by atoms with E-state index in [0.717, 1.165) is 12.8 Å². The molecule has 1 fully saturated rings. The zero-order chi connectivity index (χ0) is 12.4. The summed E-state index contributed by atoms with van der Waals surface area (Å²) in [4.78, 5) is 13.9. The van der Waals surface area contributed by atoms with Gasteiger partial charge in [-0.1, -0.05) is 25.0 Å². The van der Waals surface area contributed by atoms with Gasteiger partial charge in [0.2, 0.25) is 0 Å². The molecule has 2 rings (SSSR count). The van der Waals surface area contributed by atoms with Gasteiger partial charge in [0.05, 0.1) is 5.56 Å². The Morgan fingerprint density at radius 2 is 2.00 bits per heavy atom. The number of nitrogens with zero attached hydrogens (tertiary/aromatic N) is 1. The zero-order valence-corrected chi connectivity index (χ0v) is 10.4. The SMILES string of the molecule is Cc1cccc(C(=O)N(C)C2CCCC2)c1F. The first-order valence-electron chi connectivity index (χ1n) is 6.13. The maximum absolute atomic E-state index is 13.9. The second-order valence-corrected chi connectivity index (χ2v) is 4.79. The fourth-order valence-electron chi connectivity index (χ4n) is 2.46. The average Bonchev–Trinajstić information content (AvgIpc) is 2.84. The number of rotatable bonds is 2. The minimum absolute atomic E-state index is 0.194. The summed E-state index contributed by atoms with van der Waals surface area (Å²) in [6.45, 7) is 1.68. The van der Waals surface area contributed by atoms with E-state index < -0.39 is 0 Å². The Morgan fingerprint density at radius 1 is 1.35 bits per heavy atom. The number of hydrogen-bond acceptors (Lipinski definition) is 1. The average molecular weight is 235 g/mol. The Labute approximate surface area is 101 Å². The second kappa shape index (κ2) is 4.86. The third-order valence-corrected chi connectivity index (χ3v) is 3.61. The van der Waals surface area contributed by atoms with E-state index in [-0.39, 0.29) is 23.3 Å². The van der Waals surface area contributed by atoms with Crippen molar-refractivity contribution in [1.29, 1.82) is 0 Å². The molecule has 1 aromatic rings. The summed E-state index contributed by atoms with van der Waals surface area (Å²) in [6, 6.07) is 5.26. The van der Waals surface area contributed by atoms with Gasteiger partial charge in [-0.25, -0.2) is 4.39 Å². The van der Waals surface area contributed by atoms with Crippen LogP contribution in [0.15, 0.2) is 18.2 Å². The number of halogens is 1. The first-order valence-corrected chi connectivity index (χ1v) is 6.13. The van der Waals surface area contributed by atoms with Crippen molar-refractivity contribution in [3.8, 4) is 0 Å². The van der Waals surface area contributed by atoms with Crippen LogP contribution in [0.5, 0.6) is 0 Å². The van der Waals surface area contributed by atoms with Crippen LogP contribution in [0.25, 0.3) is 0 Å². The van der Waals surface area contributed by atoms with Crippen molar-refractivity contribution in [2.45, 2.75) is 38.6 Å². The van der Waals surface area contributed by atoms with Crippen molar-refractivity contribution < 1.29 is 9.18 Å². The molecule has 0 atom stereocenters. The van der Waals surface area contributed by atoms with Gasteiger partial charge in [-0.05, 0) is 31.4 Å². The van der Waals surface area contributed by atoms with Crippen molar-refractivity contribution in [2.75, 3.05) is 7.05 Å². The predicted octanol–water partition coefficient (Wildman–Crippen LogP) is 3.15. The molecule has 0 unspecified atom stereocenters. The highest BCUT2D eigenvalue weighted by molar-refractivity contribution is 5.94. The summed E-state index contributed by atoms with van der Waals surface area (Å²) in [5.41, 5.74) is 0.718. The molecular formula is C14H18FNO. The van der Waals surface area contributed by atoms with Crippen LogP contribution >= 0.6 is 0 Å². The number of carbonyl (C=O) groups excluding carboxylic acids is 1. The van der Waals surface area contributed by atoms with Gasteiger partial charge >= 0.3 is 0 Å². The maximum Gasteiger partial charge on any atom is 0.256 e.